The molecule has 0 aliphatic heterocycles. The molecule has 0 bridgehead atoms. The Morgan fingerprint density at radius 2 is 2.05 bits per heavy atom. The number of amides is 1. The third-order valence-corrected chi connectivity index (χ3v) is 2.94. The first-order valence-corrected chi connectivity index (χ1v) is 6.44. The quantitative estimate of drug-likeness (QED) is 0.773. The van der Waals surface area contributed by atoms with Crippen LogP contribution in [-0.2, 0) is 20.7 Å². The molecule has 108 valence electrons. The van der Waals surface area contributed by atoms with Crippen LogP contribution in [0.2, 0.25) is 0 Å². The smallest absolute Gasteiger partial charge is 0.237 e. The third-order valence-electron chi connectivity index (χ3n) is 2.94. The number of nitrogens with zero attached hydrogens (tertiary/aromatic N) is 1. The largest absolute Gasteiger partial charge is 0.382 e. The molecule has 1 aromatic carbocycles. The van der Waals surface area contributed by atoms with Crippen molar-refractivity contribution in [2.45, 2.75) is 12.5 Å². The van der Waals surface area contributed by atoms with Gasteiger partial charge >= 0.3 is 0 Å². The SMILES string of the molecule is COCC(CNC(=O)C(C#N)Cc1ccccc1)OC. The Morgan fingerprint density at radius 3 is 2.60 bits per heavy atom. The maximum Gasteiger partial charge on any atom is 0.237 e. The summed E-state index contributed by atoms with van der Waals surface area (Å²) < 4.78 is 10.1. The van der Waals surface area contributed by atoms with Crippen molar-refractivity contribution in [1.29, 1.82) is 5.26 Å². The van der Waals surface area contributed by atoms with E-state index in [1.165, 1.54) is 0 Å². The highest BCUT2D eigenvalue weighted by Gasteiger charge is 2.19. The van der Waals surface area contributed by atoms with Crippen molar-refractivity contribution in [3.63, 3.8) is 0 Å². The Morgan fingerprint density at radius 1 is 1.35 bits per heavy atom. The number of benzene rings is 1. The van der Waals surface area contributed by atoms with Crippen LogP contribution in [0.4, 0.5) is 0 Å². The van der Waals surface area contributed by atoms with Crippen LogP contribution in [0.25, 0.3) is 0 Å². The van der Waals surface area contributed by atoms with Crippen LogP contribution in [0.15, 0.2) is 30.3 Å². The average Bonchev–Trinajstić information content (AvgIpc) is 2.49. The van der Waals surface area contributed by atoms with Crippen LogP contribution in [0.3, 0.4) is 0 Å². The molecule has 20 heavy (non-hydrogen) atoms. The van der Waals surface area contributed by atoms with Gasteiger partial charge < -0.3 is 14.8 Å². The number of carbonyl (C=O) groups excluding carboxylic acids is 1. The minimum absolute atomic E-state index is 0.208. The molecular weight excluding hydrogens is 256 g/mol. The lowest BCUT2D eigenvalue weighted by Crippen LogP contribution is -2.39. The molecule has 1 rings (SSSR count). The molecule has 2 atom stereocenters. The average molecular weight is 276 g/mol. The van der Waals surface area contributed by atoms with Crippen molar-refractivity contribution in [3.05, 3.63) is 35.9 Å². The molecule has 5 nitrogen and oxygen atoms in total. The summed E-state index contributed by atoms with van der Waals surface area (Å²) in [4.78, 5) is 12.0. The number of hydrogen-bond donors (Lipinski definition) is 1. The lowest BCUT2D eigenvalue weighted by molar-refractivity contribution is -0.124. The lowest BCUT2D eigenvalue weighted by atomic mass is 10.00. The molecule has 0 aliphatic rings. The molecule has 0 aliphatic carbocycles. The molecule has 0 fully saturated rings. The molecule has 2 unspecified atom stereocenters. The highest BCUT2D eigenvalue weighted by molar-refractivity contribution is 5.81. The van der Waals surface area contributed by atoms with Crippen LogP contribution in [0.1, 0.15) is 5.56 Å². The first-order valence-electron chi connectivity index (χ1n) is 6.44. The first kappa shape index (κ1) is 16.2. The lowest BCUT2D eigenvalue weighted by Gasteiger charge is -2.16. The summed E-state index contributed by atoms with van der Waals surface area (Å²) in [5.41, 5.74) is 0.967. The van der Waals surface area contributed by atoms with E-state index in [1.807, 2.05) is 36.4 Å². The minimum Gasteiger partial charge on any atom is -0.382 e. The maximum absolute atomic E-state index is 12.0. The van der Waals surface area contributed by atoms with Gasteiger partial charge in [0, 0.05) is 20.8 Å². The van der Waals surface area contributed by atoms with E-state index in [0.717, 1.165) is 5.56 Å². The van der Waals surface area contributed by atoms with E-state index in [0.29, 0.717) is 19.6 Å². The number of carbonyl (C=O) groups is 1. The standard InChI is InChI=1S/C15H20N2O3/c1-19-11-14(20-2)10-17-15(18)13(9-16)8-12-6-4-3-5-7-12/h3-7,13-14H,8,10-11H2,1-2H3,(H,17,18). The molecule has 0 aromatic heterocycles. The predicted octanol–water partition coefficient (Wildman–Crippen LogP) is 1.15. The van der Waals surface area contributed by atoms with Crippen LogP contribution in [-0.4, -0.2) is 39.4 Å². The van der Waals surface area contributed by atoms with E-state index in [4.69, 9.17) is 14.7 Å². The van der Waals surface area contributed by atoms with Gasteiger partial charge in [-0.2, -0.15) is 5.26 Å². The van der Waals surface area contributed by atoms with E-state index in [-0.39, 0.29) is 12.0 Å². The molecule has 0 spiro atoms. The monoisotopic (exact) mass is 276 g/mol. The second kappa shape index (κ2) is 9.08. The summed E-state index contributed by atoms with van der Waals surface area (Å²) in [6.07, 6.45) is 0.200. The van der Waals surface area contributed by atoms with Crippen LogP contribution >= 0.6 is 0 Å². The highest BCUT2D eigenvalue weighted by Crippen LogP contribution is 2.08. The fraction of sp³-hybridized carbons (Fsp3) is 0.467. The number of nitrogens with one attached hydrogen (secondary N) is 1. The van der Waals surface area contributed by atoms with E-state index in [9.17, 15) is 4.79 Å². The van der Waals surface area contributed by atoms with Crippen molar-refractivity contribution >= 4 is 5.91 Å². The van der Waals surface area contributed by atoms with Gasteiger partial charge in [0.05, 0.1) is 18.8 Å². The van der Waals surface area contributed by atoms with E-state index >= 15 is 0 Å². The summed E-state index contributed by atoms with van der Waals surface area (Å²) in [6, 6.07) is 11.5. The van der Waals surface area contributed by atoms with Crippen molar-refractivity contribution in [2.75, 3.05) is 27.4 Å². The van der Waals surface area contributed by atoms with Gasteiger partial charge in [0.15, 0.2) is 0 Å². The second-order valence-corrected chi connectivity index (χ2v) is 4.43. The predicted molar refractivity (Wildman–Crippen MR) is 74.9 cm³/mol. The fourth-order valence-electron chi connectivity index (χ4n) is 1.78. The van der Waals surface area contributed by atoms with Gasteiger partial charge in [0.25, 0.3) is 0 Å². The van der Waals surface area contributed by atoms with Crippen LogP contribution < -0.4 is 5.32 Å². The molecular formula is C15H20N2O3. The molecule has 1 N–H and O–H groups in total. The number of methoxy groups -OCH3 is 2. The number of nitriles is 1. The van der Waals surface area contributed by atoms with Crippen molar-refractivity contribution in [1.82, 2.24) is 5.32 Å². The van der Waals surface area contributed by atoms with Crippen LogP contribution in [0.5, 0.6) is 0 Å². The molecule has 0 saturated heterocycles. The van der Waals surface area contributed by atoms with Gasteiger partial charge in [-0.05, 0) is 12.0 Å². The molecule has 5 heteroatoms. The van der Waals surface area contributed by atoms with Crippen molar-refractivity contribution in [2.24, 2.45) is 5.92 Å². The summed E-state index contributed by atoms with van der Waals surface area (Å²) in [7, 11) is 3.13. The summed E-state index contributed by atoms with van der Waals surface area (Å²) in [5.74, 6) is -0.980. The maximum atomic E-state index is 12.0. The summed E-state index contributed by atoms with van der Waals surface area (Å²) in [6.45, 7) is 0.725. The zero-order chi connectivity index (χ0) is 14.8. The van der Waals surface area contributed by atoms with Gasteiger partial charge in [-0.25, -0.2) is 0 Å². The van der Waals surface area contributed by atoms with Crippen molar-refractivity contribution in [3.8, 4) is 6.07 Å². The van der Waals surface area contributed by atoms with Gasteiger partial charge in [-0.15, -0.1) is 0 Å². The zero-order valence-corrected chi connectivity index (χ0v) is 11.8. The van der Waals surface area contributed by atoms with Gasteiger partial charge in [-0.3, -0.25) is 4.79 Å². The Balaban J connectivity index is 2.49. The number of hydrogen-bond acceptors (Lipinski definition) is 4. The summed E-state index contributed by atoms with van der Waals surface area (Å²) in [5, 5.41) is 11.8. The zero-order valence-electron chi connectivity index (χ0n) is 11.8. The fourth-order valence-corrected chi connectivity index (χ4v) is 1.78. The molecule has 0 radical (unpaired) electrons. The highest BCUT2D eigenvalue weighted by atomic mass is 16.5. The Hall–Kier alpha value is -1.90. The number of ether oxygens (including phenoxy) is 2. The van der Waals surface area contributed by atoms with E-state index < -0.39 is 5.92 Å². The van der Waals surface area contributed by atoms with Gasteiger partial charge in [0.2, 0.25) is 5.91 Å². The van der Waals surface area contributed by atoms with Gasteiger partial charge in [-0.1, -0.05) is 30.3 Å². The minimum atomic E-state index is -0.697. The summed E-state index contributed by atoms with van der Waals surface area (Å²) >= 11 is 0. The molecule has 1 amide bonds. The van der Waals surface area contributed by atoms with Crippen LogP contribution in [0, 0.1) is 17.2 Å². The first-order chi connectivity index (χ1) is 9.71. The third kappa shape index (κ3) is 5.39. The van der Waals surface area contributed by atoms with Crippen molar-refractivity contribution < 1.29 is 14.3 Å². The molecule has 0 saturated carbocycles. The van der Waals surface area contributed by atoms with E-state index in [2.05, 4.69) is 5.32 Å². The Labute approximate surface area is 119 Å². The van der Waals surface area contributed by atoms with E-state index in [1.54, 1.807) is 14.2 Å². The molecule has 1 aromatic rings. The normalized spacial score (nSPS) is 13.2. The Bertz CT molecular complexity index is 442. The van der Waals surface area contributed by atoms with Gasteiger partial charge in [0.1, 0.15) is 5.92 Å². The second-order valence-electron chi connectivity index (χ2n) is 4.43. The Kier molecular flexibility index (Phi) is 7.33. The topological polar surface area (TPSA) is 71.3 Å². The number of rotatable bonds is 8. The molecule has 0 heterocycles.